The van der Waals surface area contributed by atoms with E-state index in [1.165, 1.54) is 0 Å². The molecule has 1 heterocycles. The molecule has 0 bridgehead atoms. The largest absolute Gasteiger partial charge is 0.264 e. The molecule has 1 aromatic heterocycles. The molecule has 0 aliphatic heterocycles. The van der Waals surface area contributed by atoms with Crippen LogP contribution >= 0.6 is 11.6 Å². The highest BCUT2D eigenvalue weighted by Crippen LogP contribution is 2.34. The molecule has 0 atom stereocenters. The molecule has 1 nitrogen and oxygen atoms in total. The SMILES string of the molecule is CC(C)c1c(-c2cccnc2)ccc(Cl)c1F. The van der Waals surface area contributed by atoms with Crippen molar-refractivity contribution in [3.8, 4) is 11.1 Å². The number of halogens is 2. The van der Waals surface area contributed by atoms with E-state index in [2.05, 4.69) is 4.98 Å². The van der Waals surface area contributed by atoms with Crippen LogP contribution in [0.3, 0.4) is 0 Å². The molecule has 0 N–H and O–H groups in total. The summed E-state index contributed by atoms with van der Waals surface area (Å²) in [5.41, 5.74) is 2.41. The summed E-state index contributed by atoms with van der Waals surface area (Å²) < 4.78 is 14.0. The van der Waals surface area contributed by atoms with Crippen LogP contribution in [-0.4, -0.2) is 4.98 Å². The second kappa shape index (κ2) is 4.84. The summed E-state index contributed by atoms with van der Waals surface area (Å²) >= 11 is 5.83. The maximum Gasteiger partial charge on any atom is 0.145 e. The first kappa shape index (κ1) is 12.1. The van der Waals surface area contributed by atoms with Crippen LogP contribution in [0.1, 0.15) is 25.3 Å². The van der Waals surface area contributed by atoms with Gasteiger partial charge in [-0.1, -0.05) is 37.6 Å². The van der Waals surface area contributed by atoms with Crippen LogP contribution in [0.4, 0.5) is 4.39 Å². The Bertz CT molecular complexity index is 523. The number of rotatable bonds is 2. The van der Waals surface area contributed by atoms with Crippen molar-refractivity contribution in [1.29, 1.82) is 0 Å². The summed E-state index contributed by atoms with van der Waals surface area (Å²) in [6.45, 7) is 3.91. The minimum Gasteiger partial charge on any atom is -0.264 e. The predicted molar refractivity (Wildman–Crippen MR) is 68.7 cm³/mol. The number of nitrogens with zero attached hydrogens (tertiary/aromatic N) is 1. The van der Waals surface area contributed by atoms with E-state index in [4.69, 9.17) is 11.6 Å². The fourth-order valence-corrected chi connectivity index (χ4v) is 2.07. The lowest BCUT2D eigenvalue weighted by Gasteiger charge is -2.14. The summed E-state index contributed by atoms with van der Waals surface area (Å²) in [4.78, 5) is 4.06. The molecule has 0 saturated heterocycles. The van der Waals surface area contributed by atoms with Crippen molar-refractivity contribution in [3.63, 3.8) is 0 Å². The molecule has 0 unspecified atom stereocenters. The van der Waals surface area contributed by atoms with Crippen molar-refractivity contribution in [2.75, 3.05) is 0 Å². The van der Waals surface area contributed by atoms with Crippen molar-refractivity contribution >= 4 is 11.6 Å². The topological polar surface area (TPSA) is 12.9 Å². The van der Waals surface area contributed by atoms with E-state index in [9.17, 15) is 4.39 Å². The van der Waals surface area contributed by atoms with E-state index in [1.807, 2.05) is 32.0 Å². The van der Waals surface area contributed by atoms with Crippen LogP contribution in [0, 0.1) is 5.82 Å². The van der Waals surface area contributed by atoms with Gasteiger partial charge in [0.25, 0.3) is 0 Å². The summed E-state index contributed by atoms with van der Waals surface area (Å²) in [5.74, 6) is -0.257. The third-order valence-electron chi connectivity index (χ3n) is 2.68. The molecule has 0 fully saturated rings. The molecular formula is C14H13ClFN. The quantitative estimate of drug-likeness (QED) is 0.754. The molecule has 0 radical (unpaired) electrons. The van der Waals surface area contributed by atoms with E-state index < -0.39 is 0 Å². The summed E-state index contributed by atoms with van der Waals surface area (Å²) in [7, 11) is 0. The Balaban J connectivity index is 2.67. The Morgan fingerprint density at radius 2 is 2.00 bits per heavy atom. The van der Waals surface area contributed by atoms with Crippen molar-refractivity contribution in [1.82, 2.24) is 4.98 Å². The smallest absolute Gasteiger partial charge is 0.145 e. The Morgan fingerprint density at radius 3 is 2.59 bits per heavy atom. The lowest BCUT2D eigenvalue weighted by molar-refractivity contribution is 0.600. The number of pyridine rings is 1. The van der Waals surface area contributed by atoms with Crippen LogP contribution in [0.2, 0.25) is 5.02 Å². The molecule has 17 heavy (non-hydrogen) atoms. The molecule has 0 saturated carbocycles. The van der Waals surface area contributed by atoms with Gasteiger partial charge in [0.2, 0.25) is 0 Å². The molecule has 1 aromatic carbocycles. The van der Waals surface area contributed by atoms with Gasteiger partial charge in [-0.3, -0.25) is 4.98 Å². The third-order valence-corrected chi connectivity index (χ3v) is 2.97. The van der Waals surface area contributed by atoms with E-state index >= 15 is 0 Å². The Labute approximate surface area is 105 Å². The van der Waals surface area contributed by atoms with Gasteiger partial charge in [0.15, 0.2) is 0 Å². The van der Waals surface area contributed by atoms with Gasteiger partial charge in [-0.05, 0) is 29.2 Å². The van der Waals surface area contributed by atoms with Crippen molar-refractivity contribution in [3.05, 3.63) is 53.1 Å². The lowest BCUT2D eigenvalue weighted by atomic mass is 9.93. The average Bonchev–Trinajstić information content (AvgIpc) is 2.33. The zero-order valence-electron chi connectivity index (χ0n) is 9.74. The predicted octanol–water partition coefficient (Wildman–Crippen LogP) is 4.66. The molecule has 2 rings (SSSR count). The van der Waals surface area contributed by atoms with Gasteiger partial charge in [0, 0.05) is 18.0 Å². The van der Waals surface area contributed by atoms with Crippen LogP contribution < -0.4 is 0 Å². The summed E-state index contributed by atoms with van der Waals surface area (Å²) in [6, 6.07) is 7.19. The zero-order chi connectivity index (χ0) is 12.4. The van der Waals surface area contributed by atoms with Gasteiger partial charge in [-0.15, -0.1) is 0 Å². The van der Waals surface area contributed by atoms with Crippen LogP contribution in [0.5, 0.6) is 0 Å². The number of hydrogen-bond acceptors (Lipinski definition) is 1. The van der Waals surface area contributed by atoms with Gasteiger partial charge < -0.3 is 0 Å². The van der Waals surface area contributed by atoms with Crippen LogP contribution in [0.25, 0.3) is 11.1 Å². The van der Waals surface area contributed by atoms with Crippen molar-refractivity contribution < 1.29 is 4.39 Å². The number of hydrogen-bond donors (Lipinski definition) is 0. The second-order valence-electron chi connectivity index (χ2n) is 4.22. The highest BCUT2D eigenvalue weighted by atomic mass is 35.5. The zero-order valence-corrected chi connectivity index (χ0v) is 10.5. The third kappa shape index (κ3) is 2.32. The summed E-state index contributed by atoms with van der Waals surface area (Å²) in [6.07, 6.45) is 3.43. The summed E-state index contributed by atoms with van der Waals surface area (Å²) in [5, 5.41) is 0.168. The van der Waals surface area contributed by atoms with E-state index in [-0.39, 0.29) is 16.8 Å². The first-order valence-corrected chi connectivity index (χ1v) is 5.87. The van der Waals surface area contributed by atoms with E-state index in [0.717, 1.165) is 11.1 Å². The lowest BCUT2D eigenvalue weighted by Crippen LogP contribution is -1.98. The van der Waals surface area contributed by atoms with Gasteiger partial charge in [0.1, 0.15) is 5.82 Å². The molecule has 88 valence electrons. The standard InChI is InChI=1S/C14H13ClFN/c1-9(2)13-11(5-6-12(15)14(13)16)10-4-3-7-17-8-10/h3-9H,1-2H3. The number of benzene rings is 1. The van der Waals surface area contributed by atoms with Gasteiger partial charge in [-0.25, -0.2) is 4.39 Å². The second-order valence-corrected chi connectivity index (χ2v) is 4.63. The molecular weight excluding hydrogens is 237 g/mol. The molecule has 0 spiro atoms. The minimum absolute atomic E-state index is 0.0731. The Hall–Kier alpha value is -1.41. The van der Waals surface area contributed by atoms with E-state index in [1.54, 1.807) is 18.5 Å². The van der Waals surface area contributed by atoms with Crippen LogP contribution in [-0.2, 0) is 0 Å². The van der Waals surface area contributed by atoms with Crippen LogP contribution in [0.15, 0.2) is 36.7 Å². The maximum atomic E-state index is 14.0. The Kier molecular flexibility index (Phi) is 3.43. The molecule has 3 heteroatoms. The maximum absolute atomic E-state index is 14.0. The van der Waals surface area contributed by atoms with Gasteiger partial charge in [-0.2, -0.15) is 0 Å². The first-order valence-electron chi connectivity index (χ1n) is 5.49. The van der Waals surface area contributed by atoms with E-state index in [0.29, 0.717) is 5.56 Å². The highest BCUT2D eigenvalue weighted by molar-refractivity contribution is 6.30. The molecule has 0 aliphatic carbocycles. The average molecular weight is 250 g/mol. The number of aromatic nitrogens is 1. The molecule has 0 amide bonds. The fraction of sp³-hybridized carbons (Fsp3) is 0.214. The normalized spacial score (nSPS) is 10.9. The van der Waals surface area contributed by atoms with Gasteiger partial charge >= 0.3 is 0 Å². The highest BCUT2D eigenvalue weighted by Gasteiger charge is 2.16. The molecule has 0 aliphatic rings. The Morgan fingerprint density at radius 1 is 1.24 bits per heavy atom. The van der Waals surface area contributed by atoms with Crippen molar-refractivity contribution in [2.45, 2.75) is 19.8 Å². The minimum atomic E-state index is -0.331. The molecule has 2 aromatic rings. The fourth-order valence-electron chi connectivity index (χ4n) is 1.90. The monoisotopic (exact) mass is 249 g/mol. The van der Waals surface area contributed by atoms with Gasteiger partial charge in [0.05, 0.1) is 5.02 Å². The van der Waals surface area contributed by atoms with Crippen molar-refractivity contribution in [2.24, 2.45) is 0 Å². The first-order chi connectivity index (χ1) is 8.11.